The smallest absolute Gasteiger partial charge is 0.175 e. The fourth-order valence-electron chi connectivity index (χ4n) is 4.59. The Bertz CT molecular complexity index is 1410. The minimum atomic E-state index is -3.22. The first-order valence-electron chi connectivity index (χ1n) is 11.6. The summed E-state index contributed by atoms with van der Waals surface area (Å²) in [7, 11) is -3.22. The van der Waals surface area contributed by atoms with Crippen LogP contribution in [-0.2, 0) is 22.9 Å². The molecule has 1 aliphatic rings. The van der Waals surface area contributed by atoms with E-state index in [1.54, 1.807) is 24.3 Å². The van der Waals surface area contributed by atoms with Crippen molar-refractivity contribution < 1.29 is 8.42 Å². The van der Waals surface area contributed by atoms with Gasteiger partial charge in [0.2, 0.25) is 0 Å². The van der Waals surface area contributed by atoms with Gasteiger partial charge >= 0.3 is 0 Å². The fraction of sp³-hybridized carbons (Fsp3) is 0.360. The molecule has 1 N–H and O–H groups in total. The van der Waals surface area contributed by atoms with E-state index in [0.717, 1.165) is 73.1 Å². The lowest BCUT2D eigenvalue weighted by Gasteiger charge is -2.36. The van der Waals surface area contributed by atoms with Crippen LogP contribution < -0.4 is 4.90 Å². The van der Waals surface area contributed by atoms with Crippen LogP contribution in [0.3, 0.4) is 0 Å². The van der Waals surface area contributed by atoms with Crippen molar-refractivity contribution in [3.8, 4) is 11.4 Å². The van der Waals surface area contributed by atoms with E-state index in [0.29, 0.717) is 4.90 Å². The molecule has 1 aliphatic heterocycles. The Morgan fingerprint density at radius 1 is 1.03 bits per heavy atom. The van der Waals surface area contributed by atoms with Crippen LogP contribution in [0.1, 0.15) is 18.3 Å². The summed E-state index contributed by atoms with van der Waals surface area (Å²) in [4.78, 5) is 18.1. The predicted octanol–water partition coefficient (Wildman–Crippen LogP) is 3.48. The summed E-state index contributed by atoms with van der Waals surface area (Å²) < 4.78 is 25.7. The number of benzene rings is 2. The maximum absolute atomic E-state index is 11.8. The van der Waals surface area contributed by atoms with Crippen molar-refractivity contribution in [2.45, 2.75) is 31.8 Å². The minimum Gasteiger partial charge on any atom is -0.367 e. The highest BCUT2D eigenvalue weighted by molar-refractivity contribution is 7.90. The van der Waals surface area contributed by atoms with Crippen LogP contribution in [0.15, 0.2) is 53.7 Å². The van der Waals surface area contributed by atoms with Crippen molar-refractivity contribution >= 4 is 26.6 Å². The normalized spacial score (nSPS) is 15.3. The number of fused-ring (bicyclic) bond motifs is 1. The highest BCUT2D eigenvalue weighted by atomic mass is 32.2. The van der Waals surface area contributed by atoms with Gasteiger partial charge < -0.3 is 14.5 Å². The van der Waals surface area contributed by atoms with Gasteiger partial charge in [0.05, 0.1) is 28.1 Å². The molecule has 0 atom stereocenters. The highest BCUT2D eigenvalue weighted by Crippen LogP contribution is 2.29. The van der Waals surface area contributed by atoms with Gasteiger partial charge in [-0.2, -0.15) is 0 Å². The number of imidazole rings is 2. The molecule has 3 heterocycles. The van der Waals surface area contributed by atoms with E-state index in [9.17, 15) is 8.42 Å². The van der Waals surface area contributed by atoms with E-state index in [1.807, 2.05) is 12.4 Å². The van der Waals surface area contributed by atoms with Crippen LogP contribution in [0.2, 0.25) is 0 Å². The lowest BCUT2D eigenvalue weighted by atomic mass is 10.2. The molecule has 0 amide bonds. The maximum atomic E-state index is 11.8. The summed E-state index contributed by atoms with van der Waals surface area (Å²) in [6.07, 6.45) is 3.15. The van der Waals surface area contributed by atoms with Crippen LogP contribution in [-0.4, -0.2) is 65.3 Å². The Morgan fingerprint density at radius 3 is 2.41 bits per heavy atom. The van der Waals surface area contributed by atoms with Crippen LogP contribution >= 0.6 is 0 Å². The van der Waals surface area contributed by atoms with Gasteiger partial charge in [0.25, 0.3) is 0 Å². The number of sulfone groups is 1. The molecule has 8 nitrogen and oxygen atoms in total. The molecule has 34 heavy (non-hydrogen) atoms. The Morgan fingerprint density at radius 2 is 1.76 bits per heavy atom. The lowest BCUT2D eigenvalue weighted by molar-refractivity contribution is 0.247. The summed E-state index contributed by atoms with van der Waals surface area (Å²) >= 11 is 0. The lowest BCUT2D eigenvalue weighted by Crippen LogP contribution is -2.46. The van der Waals surface area contributed by atoms with E-state index < -0.39 is 9.84 Å². The molecule has 0 bridgehead atoms. The number of nitrogens with one attached hydrogen (secondary N) is 1. The van der Waals surface area contributed by atoms with Gasteiger partial charge in [-0.15, -0.1) is 0 Å². The largest absolute Gasteiger partial charge is 0.367 e. The summed E-state index contributed by atoms with van der Waals surface area (Å²) in [5.74, 6) is 0.739. The van der Waals surface area contributed by atoms with E-state index in [1.165, 1.54) is 11.9 Å². The molecule has 0 unspecified atom stereocenters. The molecule has 2 aromatic carbocycles. The Hall–Kier alpha value is -3.17. The zero-order valence-corrected chi connectivity index (χ0v) is 20.6. The number of rotatable bonds is 6. The zero-order chi connectivity index (χ0) is 23.9. The number of piperazine rings is 1. The molecule has 0 aliphatic carbocycles. The molecule has 9 heteroatoms. The molecule has 178 valence electrons. The second-order valence-electron chi connectivity index (χ2n) is 8.88. The monoisotopic (exact) mass is 478 g/mol. The molecule has 0 saturated carbocycles. The average molecular weight is 479 g/mol. The Balaban J connectivity index is 1.33. The SMILES string of the molecule is CCn1cnc(CN2CCN(c3cccc4[nH]c(-c5ccc(S(C)(=O)=O)cc5)nc34)CC2)c1C. The van der Waals surface area contributed by atoms with Gasteiger partial charge in [0.1, 0.15) is 11.3 Å². The highest BCUT2D eigenvalue weighted by Gasteiger charge is 2.21. The molecular weight excluding hydrogens is 448 g/mol. The van der Waals surface area contributed by atoms with Crippen molar-refractivity contribution in [2.24, 2.45) is 0 Å². The summed E-state index contributed by atoms with van der Waals surface area (Å²) in [5, 5.41) is 0. The molecular formula is C25H30N6O2S. The zero-order valence-electron chi connectivity index (χ0n) is 19.8. The molecule has 2 aromatic heterocycles. The number of aromatic amines is 1. The Labute approximate surface area is 200 Å². The number of para-hydroxylation sites is 1. The number of hydrogen-bond donors (Lipinski definition) is 1. The Kier molecular flexibility index (Phi) is 5.91. The standard InChI is InChI=1S/C25H30N6O2S/c1-4-30-17-26-22(18(30)2)16-29-12-14-31(15-13-29)23-7-5-6-21-24(23)28-25(27-21)19-8-10-20(11-9-19)34(3,32)33/h5-11,17H,4,12-16H2,1-3H3,(H,27,28). The predicted molar refractivity (Wildman–Crippen MR) is 135 cm³/mol. The van der Waals surface area contributed by atoms with Crippen LogP contribution in [0.5, 0.6) is 0 Å². The van der Waals surface area contributed by atoms with E-state index >= 15 is 0 Å². The number of hydrogen-bond acceptors (Lipinski definition) is 6. The third-order valence-electron chi connectivity index (χ3n) is 6.68. The van der Waals surface area contributed by atoms with Gasteiger partial charge in [-0.3, -0.25) is 4.90 Å². The number of anilines is 1. The maximum Gasteiger partial charge on any atom is 0.175 e. The first-order chi connectivity index (χ1) is 16.3. The molecule has 1 saturated heterocycles. The molecule has 0 radical (unpaired) electrons. The van der Waals surface area contributed by atoms with E-state index in [4.69, 9.17) is 4.98 Å². The molecule has 5 rings (SSSR count). The third-order valence-corrected chi connectivity index (χ3v) is 7.80. The second kappa shape index (κ2) is 8.88. The summed E-state index contributed by atoms with van der Waals surface area (Å²) in [6.45, 7) is 9.92. The molecule has 1 fully saturated rings. The van der Waals surface area contributed by atoms with Crippen LogP contribution in [0, 0.1) is 6.92 Å². The number of H-pyrrole nitrogens is 1. The van der Waals surface area contributed by atoms with Crippen molar-refractivity contribution in [2.75, 3.05) is 37.3 Å². The molecule has 4 aromatic rings. The van der Waals surface area contributed by atoms with Crippen LogP contribution in [0.25, 0.3) is 22.4 Å². The van der Waals surface area contributed by atoms with Gasteiger partial charge in [0, 0.05) is 56.8 Å². The summed E-state index contributed by atoms with van der Waals surface area (Å²) in [6, 6.07) is 13.1. The van der Waals surface area contributed by atoms with Crippen LogP contribution in [0.4, 0.5) is 5.69 Å². The third kappa shape index (κ3) is 4.33. The van der Waals surface area contributed by atoms with Gasteiger partial charge in [0.15, 0.2) is 9.84 Å². The van der Waals surface area contributed by atoms with Crippen molar-refractivity contribution in [3.63, 3.8) is 0 Å². The van der Waals surface area contributed by atoms with Gasteiger partial charge in [-0.1, -0.05) is 6.07 Å². The fourth-order valence-corrected chi connectivity index (χ4v) is 5.22. The van der Waals surface area contributed by atoms with Crippen molar-refractivity contribution in [1.82, 2.24) is 24.4 Å². The van der Waals surface area contributed by atoms with Gasteiger partial charge in [-0.25, -0.2) is 18.4 Å². The average Bonchev–Trinajstić information content (AvgIpc) is 3.42. The van der Waals surface area contributed by atoms with Crippen molar-refractivity contribution in [1.29, 1.82) is 0 Å². The van der Waals surface area contributed by atoms with Crippen molar-refractivity contribution in [3.05, 3.63) is 60.2 Å². The van der Waals surface area contributed by atoms with Gasteiger partial charge in [-0.05, 0) is 50.2 Å². The topological polar surface area (TPSA) is 87.1 Å². The van der Waals surface area contributed by atoms with E-state index in [2.05, 4.69) is 50.3 Å². The number of aryl methyl sites for hydroxylation is 1. The number of nitrogens with zero attached hydrogens (tertiary/aromatic N) is 5. The number of aromatic nitrogens is 4. The first-order valence-corrected chi connectivity index (χ1v) is 13.5. The first kappa shape index (κ1) is 22.6. The summed E-state index contributed by atoms with van der Waals surface area (Å²) in [5.41, 5.74) is 6.32. The quantitative estimate of drug-likeness (QED) is 0.457. The second-order valence-corrected chi connectivity index (χ2v) is 10.9. The molecule has 0 spiro atoms. The van der Waals surface area contributed by atoms with E-state index in [-0.39, 0.29) is 0 Å². The minimum absolute atomic E-state index is 0.308.